The highest BCUT2D eigenvalue weighted by Crippen LogP contribution is 2.61. The molecule has 1 aliphatic carbocycles. The highest BCUT2D eigenvalue weighted by atomic mass is 31.2. The van der Waals surface area contributed by atoms with Crippen molar-refractivity contribution in [3.8, 4) is 11.5 Å². The second kappa shape index (κ2) is 30.6. The van der Waals surface area contributed by atoms with Crippen LogP contribution in [0.1, 0.15) is 159 Å². The quantitative estimate of drug-likeness (QED) is 0.0140. The largest absolute Gasteiger partial charge is 0.507 e. The number of fused-ring (bicyclic) bond motifs is 13. The lowest BCUT2D eigenvalue weighted by molar-refractivity contribution is -0.160. The lowest BCUT2D eigenvalue weighted by atomic mass is 9.72. The standard InChI is InChI=1S/C63H93N5O20P2/c1-14-39(7)84-34-85-46(70)22-21-45(69)83-31-29-67(26-16-15-20-48(89(77,78)79)90(80,81)82)33-47(71)87-58-37(5)18-17-19-38(6)61(76)64-54-53-52(65-63(66-53)24-27-68(28-25-63)32-35(2)3)49-50(57(54)74)56(73)44(12)59-51(49)60(75)62(13,88-59)86-30-23-36(4)40(8)41(9)42(10)55(72)43(58)11/h17-19,23,30,35-37,40-43,48,55,58,66,72-73H,7,14-16,20-22,24-29,31-34H2,1-6,8-13H3,(H,64,76)(H2,77,78,79)(H2,80,81,82)/b18-17+,30-23+,38-19-/t36-,37-,40+,41+,42-,43-,55-,58-,62-/m0/s1. The molecule has 6 aliphatic rings. The molecule has 1 amide bonds. The molecule has 9 atom stereocenters. The number of allylic oxidation sites excluding steroid dienone is 6. The number of benzene rings is 1. The summed E-state index contributed by atoms with van der Waals surface area (Å²) >= 11 is 0. The van der Waals surface area contributed by atoms with Crippen LogP contribution in [-0.4, -0.2) is 162 Å². The molecule has 0 radical (unpaired) electrons. The molecule has 7 rings (SSSR count). The van der Waals surface area contributed by atoms with Gasteiger partial charge in [-0.2, -0.15) is 0 Å². The maximum Gasteiger partial charge on any atom is 0.340 e. The molecule has 5 aliphatic heterocycles. The molecule has 90 heavy (non-hydrogen) atoms. The van der Waals surface area contributed by atoms with Gasteiger partial charge >= 0.3 is 38.9 Å². The highest BCUT2D eigenvalue weighted by Gasteiger charge is 2.55. The number of esters is 3. The van der Waals surface area contributed by atoms with Gasteiger partial charge in [0, 0.05) is 80.9 Å². The summed E-state index contributed by atoms with van der Waals surface area (Å²) in [5.74, 6) is -8.30. The molecule has 1 aromatic carbocycles. The van der Waals surface area contributed by atoms with Gasteiger partial charge in [-0.1, -0.05) is 93.5 Å². The second-order valence-corrected chi connectivity index (χ2v) is 29.3. The van der Waals surface area contributed by atoms with E-state index in [1.54, 1.807) is 39.0 Å². The van der Waals surface area contributed by atoms with E-state index in [9.17, 15) is 62.9 Å². The Labute approximate surface area is 527 Å². The zero-order valence-corrected chi connectivity index (χ0v) is 55.6. The predicted octanol–water partition coefficient (Wildman–Crippen LogP) is 7.41. The minimum atomic E-state index is -5.22. The monoisotopic (exact) mass is 1300 g/mol. The van der Waals surface area contributed by atoms with Crippen LogP contribution in [0.3, 0.4) is 0 Å². The molecular formula is C63H93N5O20P2. The molecular weight excluding hydrogens is 1210 g/mol. The van der Waals surface area contributed by atoms with Gasteiger partial charge < -0.3 is 73.7 Å². The number of nitrogens with one attached hydrogen (secondary N) is 2. The van der Waals surface area contributed by atoms with Crippen molar-refractivity contribution in [2.45, 2.75) is 164 Å². The van der Waals surface area contributed by atoms with Crippen molar-refractivity contribution in [3.05, 3.63) is 82.1 Å². The second-order valence-electron chi connectivity index (χ2n) is 25.3. The first-order valence-electron chi connectivity index (χ1n) is 30.9. The van der Waals surface area contributed by atoms with Crippen molar-refractivity contribution < 1.29 is 96.1 Å². The average molecular weight is 1300 g/mol. The number of piperidine rings is 1. The number of carbonyl (C=O) groups excluding carboxylic acids is 6. The number of nitrogens with zero attached hydrogens (tertiary/aromatic N) is 3. The van der Waals surface area contributed by atoms with Crippen molar-refractivity contribution in [3.63, 3.8) is 0 Å². The van der Waals surface area contributed by atoms with Gasteiger partial charge in [0.1, 0.15) is 35.6 Å². The molecule has 1 fully saturated rings. The van der Waals surface area contributed by atoms with E-state index in [2.05, 4.69) is 36.0 Å². The topological polar surface area (TPSA) is 356 Å². The molecule has 0 aromatic heterocycles. The van der Waals surface area contributed by atoms with Gasteiger partial charge in [0.25, 0.3) is 11.7 Å². The average Bonchev–Trinajstić information content (AvgIpc) is 1.50. The number of phenols is 1. The third-order valence-electron chi connectivity index (χ3n) is 18.1. The van der Waals surface area contributed by atoms with E-state index in [1.165, 1.54) is 38.0 Å². The van der Waals surface area contributed by atoms with Crippen LogP contribution >= 0.6 is 15.2 Å². The van der Waals surface area contributed by atoms with Crippen LogP contribution in [-0.2, 0) is 52.0 Å². The number of aliphatic hydroxyl groups excluding tert-OH is 1. The summed E-state index contributed by atoms with van der Waals surface area (Å²) in [5.41, 5.74) is -0.611. The number of amides is 1. The molecule has 500 valence electrons. The fourth-order valence-corrected chi connectivity index (χ4v) is 14.6. The number of aliphatic hydroxyl groups is 1. The van der Waals surface area contributed by atoms with Crippen molar-refractivity contribution in [1.29, 1.82) is 0 Å². The molecule has 1 saturated heterocycles. The number of ketones is 2. The lowest BCUT2D eigenvalue weighted by Gasteiger charge is -2.38. The number of phenolic OH excluding ortho intramolecular Hbond substituents is 1. The molecule has 5 heterocycles. The van der Waals surface area contributed by atoms with Crippen LogP contribution < -0.4 is 15.4 Å². The first-order valence-corrected chi connectivity index (χ1v) is 34.3. The van der Waals surface area contributed by atoms with Crippen LogP contribution in [0.15, 0.2) is 64.9 Å². The molecule has 1 spiro atoms. The number of likely N-dealkylation sites (tertiary alicyclic amines) is 1. The number of unbranched alkanes of at least 4 members (excludes halogenated alkanes) is 1. The van der Waals surface area contributed by atoms with E-state index in [4.69, 9.17) is 33.4 Å². The Balaban J connectivity index is 1.31. The first kappa shape index (κ1) is 73.0. The Morgan fingerprint density at radius 1 is 0.844 bits per heavy atom. The Morgan fingerprint density at radius 3 is 2.11 bits per heavy atom. The molecule has 0 saturated carbocycles. The van der Waals surface area contributed by atoms with Crippen LogP contribution in [0.5, 0.6) is 11.5 Å². The van der Waals surface area contributed by atoms with E-state index in [0.29, 0.717) is 44.0 Å². The molecule has 25 nitrogen and oxygen atoms in total. The van der Waals surface area contributed by atoms with E-state index < -0.39 is 116 Å². The maximum absolute atomic E-state index is 15.0. The zero-order valence-electron chi connectivity index (χ0n) is 53.8. The molecule has 0 unspecified atom stereocenters. The van der Waals surface area contributed by atoms with Crippen LogP contribution in [0, 0.1) is 48.3 Å². The summed E-state index contributed by atoms with van der Waals surface area (Å²) in [6.07, 6.45) is 6.10. The fourth-order valence-electron chi connectivity index (χ4n) is 12.0. The Kier molecular flexibility index (Phi) is 24.8. The summed E-state index contributed by atoms with van der Waals surface area (Å²) in [6, 6.07) is 0. The predicted molar refractivity (Wildman–Crippen MR) is 332 cm³/mol. The van der Waals surface area contributed by atoms with Crippen molar-refractivity contribution >= 4 is 56.3 Å². The Morgan fingerprint density at radius 2 is 1.49 bits per heavy atom. The number of hydrogen-bond donors (Lipinski definition) is 8. The molecule has 27 heteroatoms. The van der Waals surface area contributed by atoms with Crippen molar-refractivity contribution in [2.24, 2.45) is 46.4 Å². The smallest absolute Gasteiger partial charge is 0.340 e. The summed E-state index contributed by atoms with van der Waals surface area (Å²) in [6.45, 7) is 26.6. The number of ether oxygens (including phenoxy) is 6. The summed E-state index contributed by atoms with van der Waals surface area (Å²) in [7, 11) is -10.4. The van der Waals surface area contributed by atoms with Gasteiger partial charge in [-0.25, -0.2) is 0 Å². The number of aromatic hydroxyl groups is 1. The molecule has 1 aromatic rings. The van der Waals surface area contributed by atoms with Gasteiger partial charge in [-0.3, -0.25) is 47.8 Å². The van der Waals surface area contributed by atoms with Crippen LogP contribution in [0.2, 0.25) is 0 Å². The van der Waals surface area contributed by atoms with Gasteiger partial charge in [-0.05, 0) is 68.9 Å². The van der Waals surface area contributed by atoms with Gasteiger partial charge in [0.15, 0.2) is 5.40 Å². The summed E-state index contributed by atoms with van der Waals surface area (Å²) in [5, 5.41) is 28.3. The number of carbonyl (C=O) groups is 6. The number of aliphatic imine (C=N–C) groups is 1. The third-order valence-corrected chi connectivity index (χ3v) is 21.9. The number of rotatable bonds is 22. The van der Waals surface area contributed by atoms with Gasteiger partial charge in [0.05, 0.1) is 60.0 Å². The molecule has 5 bridgehead atoms. The lowest BCUT2D eigenvalue weighted by Crippen LogP contribution is -2.50. The van der Waals surface area contributed by atoms with E-state index in [-0.39, 0.29) is 121 Å². The summed E-state index contributed by atoms with van der Waals surface area (Å²) < 4.78 is 58.5. The minimum absolute atomic E-state index is 0.00433. The van der Waals surface area contributed by atoms with E-state index in [0.717, 1.165) is 6.54 Å². The Bertz CT molecular complexity index is 3110. The SMILES string of the molecule is C=C(CC)OCOC(=O)CCC(=O)OCCN(CCCCC(P(=O)(O)O)P(=O)(O)O)CC(=O)O[C@@H]1[C@@H](C)[C@@H](O)[C@@H](C)[C@H](C)[C@H](C)[C@@H](C)/C=C/O[C@@]2(C)Oc3c(C)c(O)c4c(c3C2=O)C2=NC3(CCN(CC(C)C)CC3)NC2=C(NC(=O)/C(C)=C\C=C\[C@@H]1C)C4=O. The maximum atomic E-state index is 15.0. The molecule has 8 N–H and O–H groups in total. The van der Waals surface area contributed by atoms with Crippen molar-refractivity contribution in [2.75, 3.05) is 52.7 Å². The van der Waals surface area contributed by atoms with E-state index >= 15 is 4.79 Å². The number of Topliss-reactive ketones (excluding diaryl/α,β-unsaturated/α-hetero) is 2. The van der Waals surface area contributed by atoms with Gasteiger partial charge in [-0.15, -0.1) is 0 Å². The van der Waals surface area contributed by atoms with E-state index in [1.807, 2.05) is 27.7 Å². The van der Waals surface area contributed by atoms with Crippen molar-refractivity contribution in [1.82, 2.24) is 20.4 Å². The summed E-state index contributed by atoms with van der Waals surface area (Å²) in [4.78, 5) is 132. The zero-order chi connectivity index (χ0) is 67.0. The van der Waals surface area contributed by atoms with Gasteiger partial charge in [0.2, 0.25) is 12.6 Å². The normalized spacial score (nSPS) is 27.0. The van der Waals surface area contributed by atoms with Crippen LogP contribution in [0.25, 0.3) is 0 Å². The Hall–Kier alpha value is -6.01. The third kappa shape index (κ3) is 17.8. The number of hydrogen-bond acceptors (Lipinski definition) is 20. The fraction of sp³-hybridized carbons (Fsp3) is 0.635. The highest BCUT2D eigenvalue weighted by molar-refractivity contribution is 7.70. The minimum Gasteiger partial charge on any atom is -0.507 e. The van der Waals surface area contributed by atoms with Crippen LogP contribution in [0.4, 0.5) is 0 Å². The first-order chi connectivity index (χ1) is 42.0.